The molecule has 1 saturated carbocycles. The molecule has 1 saturated heterocycles. The van der Waals surface area contributed by atoms with Gasteiger partial charge in [0.15, 0.2) is 5.03 Å². The monoisotopic (exact) mass is 312 g/mol. The van der Waals surface area contributed by atoms with Gasteiger partial charge in [-0.2, -0.15) is 9.40 Å². The van der Waals surface area contributed by atoms with Crippen molar-refractivity contribution < 1.29 is 8.42 Å². The summed E-state index contributed by atoms with van der Waals surface area (Å²) in [7, 11) is -3.43. The predicted molar refractivity (Wildman–Crippen MR) is 80.2 cm³/mol. The van der Waals surface area contributed by atoms with Crippen LogP contribution in [0.15, 0.2) is 11.2 Å². The van der Waals surface area contributed by atoms with E-state index in [4.69, 9.17) is 0 Å². The van der Waals surface area contributed by atoms with Gasteiger partial charge in [-0.25, -0.2) is 8.42 Å². The standard InChI is InChI=1S/C14H24N4O2S/c1-2-3-11-6-7-18(10-11)21(19,20)14-12(9-16-17-14)8-15-13-4-5-13/h9,11,13,15H,2-8,10H2,1H3,(H,16,17). The number of aromatic nitrogens is 2. The lowest BCUT2D eigenvalue weighted by Crippen LogP contribution is -2.30. The van der Waals surface area contributed by atoms with Crippen molar-refractivity contribution in [2.75, 3.05) is 13.1 Å². The Morgan fingerprint density at radius 2 is 2.24 bits per heavy atom. The minimum atomic E-state index is -3.43. The molecule has 2 fully saturated rings. The highest BCUT2D eigenvalue weighted by Crippen LogP contribution is 2.28. The van der Waals surface area contributed by atoms with E-state index in [1.54, 1.807) is 10.5 Å². The summed E-state index contributed by atoms with van der Waals surface area (Å²) in [4.78, 5) is 0. The highest BCUT2D eigenvalue weighted by molar-refractivity contribution is 7.89. The molecule has 0 amide bonds. The molecule has 21 heavy (non-hydrogen) atoms. The molecule has 3 rings (SSSR count). The molecule has 1 unspecified atom stereocenters. The lowest BCUT2D eigenvalue weighted by atomic mass is 10.0. The van der Waals surface area contributed by atoms with Gasteiger partial charge in [0.05, 0.1) is 6.20 Å². The van der Waals surface area contributed by atoms with E-state index in [2.05, 4.69) is 22.4 Å². The van der Waals surface area contributed by atoms with Crippen LogP contribution in [-0.4, -0.2) is 42.1 Å². The summed E-state index contributed by atoms with van der Waals surface area (Å²) in [6.07, 6.45) is 7.18. The van der Waals surface area contributed by atoms with Crippen molar-refractivity contribution in [1.29, 1.82) is 0 Å². The van der Waals surface area contributed by atoms with E-state index in [0.717, 1.165) is 24.8 Å². The van der Waals surface area contributed by atoms with Crippen molar-refractivity contribution in [3.05, 3.63) is 11.8 Å². The lowest BCUT2D eigenvalue weighted by Gasteiger charge is -2.16. The summed E-state index contributed by atoms with van der Waals surface area (Å²) in [5.41, 5.74) is 0.751. The maximum Gasteiger partial charge on any atom is 0.260 e. The van der Waals surface area contributed by atoms with Gasteiger partial charge in [-0.3, -0.25) is 5.10 Å². The van der Waals surface area contributed by atoms with Gasteiger partial charge in [-0.15, -0.1) is 0 Å². The van der Waals surface area contributed by atoms with Gasteiger partial charge in [0.25, 0.3) is 10.0 Å². The molecular weight excluding hydrogens is 288 g/mol. The average molecular weight is 312 g/mol. The number of nitrogens with one attached hydrogen (secondary N) is 2. The van der Waals surface area contributed by atoms with Gasteiger partial charge < -0.3 is 5.32 Å². The predicted octanol–water partition coefficient (Wildman–Crippen LogP) is 1.47. The SMILES string of the molecule is CCCC1CCN(S(=O)(=O)c2[nH]ncc2CNC2CC2)C1. The van der Waals surface area contributed by atoms with Crippen LogP contribution in [0.2, 0.25) is 0 Å². The van der Waals surface area contributed by atoms with Crippen LogP contribution < -0.4 is 5.32 Å². The first-order chi connectivity index (χ1) is 10.1. The van der Waals surface area contributed by atoms with Crippen LogP contribution in [-0.2, 0) is 16.6 Å². The van der Waals surface area contributed by atoms with E-state index in [9.17, 15) is 8.42 Å². The Labute approximate surface area is 126 Å². The minimum Gasteiger partial charge on any atom is -0.310 e. The Kier molecular flexibility index (Phi) is 4.33. The second-order valence-electron chi connectivity index (χ2n) is 6.19. The summed E-state index contributed by atoms with van der Waals surface area (Å²) in [6.45, 7) is 3.99. The van der Waals surface area contributed by atoms with E-state index >= 15 is 0 Å². The van der Waals surface area contributed by atoms with Gasteiger partial charge in [-0.1, -0.05) is 13.3 Å². The van der Waals surface area contributed by atoms with Crippen molar-refractivity contribution in [3.63, 3.8) is 0 Å². The van der Waals surface area contributed by atoms with Crippen LogP contribution >= 0.6 is 0 Å². The van der Waals surface area contributed by atoms with Crippen LogP contribution in [0.4, 0.5) is 0 Å². The maximum atomic E-state index is 12.8. The molecular formula is C14H24N4O2S. The van der Waals surface area contributed by atoms with Gasteiger partial charge in [-0.05, 0) is 31.6 Å². The lowest BCUT2D eigenvalue weighted by molar-refractivity contribution is 0.441. The van der Waals surface area contributed by atoms with Crippen molar-refractivity contribution in [3.8, 4) is 0 Å². The summed E-state index contributed by atoms with van der Waals surface area (Å²) in [6, 6.07) is 0.552. The second-order valence-corrected chi connectivity index (χ2v) is 8.06. The summed E-state index contributed by atoms with van der Waals surface area (Å²) in [5, 5.41) is 10.3. The van der Waals surface area contributed by atoms with Gasteiger partial charge in [0.2, 0.25) is 0 Å². The quantitative estimate of drug-likeness (QED) is 0.799. The first-order valence-corrected chi connectivity index (χ1v) is 9.31. The summed E-state index contributed by atoms with van der Waals surface area (Å²) in [5.74, 6) is 0.501. The smallest absolute Gasteiger partial charge is 0.260 e. The summed E-state index contributed by atoms with van der Waals surface area (Å²) < 4.78 is 27.1. The number of sulfonamides is 1. The molecule has 7 heteroatoms. The second kappa shape index (κ2) is 6.06. The molecule has 1 aromatic heterocycles. The molecule has 118 valence electrons. The number of hydrogen-bond donors (Lipinski definition) is 2. The first-order valence-electron chi connectivity index (χ1n) is 7.87. The zero-order valence-corrected chi connectivity index (χ0v) is 13.3. The van der Waals surface area contributed by atoms with Crippen molar-refractivity contribution >= 4 is 10.0 Å². The number of nitrogens with zero attached hydrogens (tertiary/aromatic N) is 2. The molecule has 1 atom stereocenters. The molecule has 2 aliphatic rings. The Bertz CT molecular complexity index is 580. The topological polar surface area (TPSA) is 78.1 Å². The van der Waals surface area contributed by atoms with E-state index < -0.39 is 10.0 Å². The third kappa shape index (κ3) is 3.30. The number of aromatic amines is 1. The van der Waals surface area contributed by atoms with Crippen LogP contribution in [0.25, 0.3) is 0 Å². The number of rotatable bonds is 7. The van der Waals surface area contributed by atoms with Crippen LogP contribution in [0.5, 0.6) is 0 Å². The van der Waals surface area contributed by atoms with Crippen molar-refractivity contribution in [2.45, 2.75) is 56.6 Å². The summed E-state index contributed by atoms with van der Waals surface area (Å²) >= 11 is 0. The van der Waals surface area contributed by atoms with E-state index in [1.165, 1.54) is 12.8 Å². The fraction of sp³-hybridized carbons (Fsp3) is 0.786. The Morgan fingerprint density at radius 1 is 1.43 bits per heavy atom. The number of H-pyrrole nitrogens is 1. The Balaban J connectivity index is 1.71. The molecule has 0 radical (unpaired) electrons. The molecule has 1 aliphatic heterocycles. The molecule has 0 aromatic carbocycles. The fourth-order valence-corrected chi connectivity index (χ4v) is 4.61. The molecule has 1 aromatic rings. The normalized spacial score (nSPS) is 23.8. The molecule has 0 spiro atoms. The molecule has 0 bridgehead atoms. The Morgan fingerprint density at radius 3 is 2.95 bits per heavy atom. The average Bonchev–Trinajstić information content (AvgIpc) is 2.97. The van der Waals surface area contributed by atoms with Crippen LogP contribution in [0, 0.1) is 5.92 Å². The minimum absolute atomic E-state index is 0.271. The molecule has 6 nitrogen and oxygen atoms in total. The van der Waals surface area contributed by atoms with Crippen LogP contribution in [0.3, 0.4) is 0 Å². The van der Waals surface area contributed by atoms with Gasteiger partial charge in [0, 0.05) is 31.2 Å². The zero-order valence-electron chi connectivity index (χ0n) is 12.5. The van der Waals surface area contributed by atoms with E-state index in [0.29, 0.717) is 31.6 Å². The zero-order chi connectivity index (χ0) is 14.9. The van der Waals surface area contributed by atoms with Crippen molar-refractivity contribution in [2.24, 2.45) is 5.92 Å². The van der Waals surface area contributed by atoms with E-state index in [1.807, 2.05) is 0 Å². The van der Waals surface area contributed by atoms with E-state index in [-0.39, 0.29) is 5.03 Å². The molecule has 1 aliphatic carbocycles. The Hall–Kier alpha value is -0.920. The number of hydrogen-bond acceptors (Lipinski definition) is 4. The highest BCUT2D eigenvalue weighted by Gasteiger charge is 2.34. The fourth-order valence-electron chi connectivity index (χ4n) is 2.98. The maximum absolute atomic E-state index is 12.8. The third-order valence-electron chi connectivity index (χ3n) is 4.38. The van der Waals surface area contributed by atoms with Crippen molar-refractivity contribution in [1.82, 2.24) is 19.8 Å². The first kappa shape index (κ1) is 15.0. The third-order valence-corrected chi connectivity index (χ3v) is 6.26. The molecule has 2 N–H and O–H groups in total. The molecule has 2 heterocycles. The largest absolute Gasteiger partial charge is 0.310 e. The van der Waals surface area contributed by atoms with Gasteiger partial charge >= 0.3 is 0 Å². The van der Waals surface area contributed by atoms with Gasteiger partial charge in [0.1, 0.15) is 0 Å². The van der Waals surface area contributed by atoms with Crippen LogP contribution in [0.1, 0.15) is 44.6 Å². The highest BCUT2D eigenvalue weighted by atomic mass is 32.2.